The van der Waals surface area contributed by atoms with E-state index in [1.807, 2.05) is 4.90 Å². The first-order valence-electron chi connectivity index (χ1n) is 9.67. The predicted molar refractivity (Wildman–Crippen MR) is 111 cm³/mol. The van der Waals surface area contributed by atoms with E-state index in [4.69, 9.17) is 4.74 Å². The van der Waals surface area contributed by atoms with E-state index in [9.17, 15) is 19.7 Å². The summed E-state index contributed by atoms with van der Waals surface area (Å²) in [4.78, 5) is 44.8. The quantitative estimate of drug-likeness (QED) is 0.391. The number of hydrogen-bond acceptors (Lipinski definition) is 7. The van der Waals surface area contributed by atoms with Crippen LogP contribution in [-0.4, -0.2) is 34.0 Å². The van der Waals surface area contributed by atoms with E-state index in [2.05, 4.69) is 9.97 Å². The molecule has 9 heteroatoms. The molecule has 1 atom stereocenters. The Balaban J connectivity index is 1.58. The number of benzene rings is 2. The molecule has 0 radical (unpaired) electrons. The fraction of sp³-hybridized carbons (Fsp3) is 0.286. The van der Waals surface area contributed by atoms with Gasteiger partial charge in [0, 0.05) is 19.2 Å². The Bertz CT molecular complexity index is 1180. The molecule has 2 heterocycles. The van der Waals surface area contributed by atoms with Gasteiger partial charge in [-0.2, -0.15) is 0 Å². The second-order valence-corrected chi connectivity index (χ2v) is 7.17. The van der Waals surface area contributed by atoms with Crippen molar-refractivity contribution >= 4 is 28.2 Å². The molecule has 9 nitrogen and oxygen atoms in total. The van der Waals surface area contributed by atoms with Gasteiger partial charge in [0.05, 0.1) is 21.4 Å². The van der Waals surface area contributed by atoms with Crippen molar-refractivity contribution in [2.45, 2.75) is 25.9 Å². The third kappa shape index (κ3) is 3.73. The normalized spacial score (nSPS) is 14.6. The molecule has 1 aliphatic heterocycles. The number of nitrogens with zero attached hydrogens (tertiary/aromatic N) is 3. The van der Waals surface area contributed by atoms with Gasteiger partial charge in [0.25, 0.3) is 11.2 Å². The van der Waals surface area contributed by atoms with Crippen LogP contribution < -0.4 is 10.5 Å². The number of ether oxygens (including phenoxy) is 1. The minimum absolute atomic E-state index is 0.0691. The van der Waals surface area contributed by atoms with Gasteiger partial charge in [-0.05, 0) is 44.0 Å². The molecule has 0 saturated carbocycles. The Labute approximate surface area is 171 Å². The van der Waals surface area contributed by atoms with Crippen molar-refractivity contribution in [3.63, 3.8) is 0 Å². The van der Waals surface area contributed by atoms with Crippen LogP contribution in [0.5, 0.6) is 0 Å². The lowest BCUT2D eigenvalue weighted by Gasteiger charge is -2.18. The minimum atomic E-state index is -0.841. The first-order chi connectivity index (χ1) is 14.4. The van der Waals surface area contributed by atoms with Crippen LogP contribution in [0, 0.1) is 10.1 Å². The highest BCUT2D eigenvalue weighted by Crippen LogP contribution is 2.32. The van der Waals surface area contributed by atoms with Crippen LogP contribution in [0.15, 0.2) is 47.3 Å². The summed E-state index contributed by atoms with van der Waals surface area (Å²) >= 11 is 0. The van der Waals surface area contributed by atoms with Gasteiger partial charge in [-0.3, -0.25) is 14.9 Å². The summed E-state index contributed by atoms with van der Waals surface area (Å²) in [6.07, 6.45) is 1.12. The number of H-pyrrole nitrogens is 1. The zero-order valence-electron chi connectivity index (χ0n) is 16.3. The second-order valence-electron chi connectivity index (χ2n) is 7.17. The number of esters is 1. The number of aromatic amines is 1. The zero-order valence-corrected chi connectivity index (χ0v) is 16.3. The molecule has 1 saturated heterocycles. The van der Waals surface area contributed by atoms with Crippen LogP contribution in [0.25, 0.3) is 10.9 Å². The fourth-order valence-electron chi connectivity index (χ4n) is 3.60. The Kier molecular flexibility index (Phi) is 5.18. The summed E-state index contributed by atoms with van der Waals surface area (Å²) in [6, 6.07) is 11.2. The lowest BCUT2D eigenvalue weighted by Crippen LogP contribution is -2.20. The van der Waals surface area contributed by atoms with Gasteiger partial charge >= 0.3 is 5.97 Å². The summed E-state index contributed by atoms with van der Waals surface area (Å²) in [5.74, 6) is -0.524. The van der Waals surface area contributed by atoms with Gasteiger partial charge in [0.2, 0.25) is 0 Å². The molecule has 0 aliphatic carbocycles. The highest BCUT2D eigenvalue weighted by atomic mass is 16.6. The maximum atomic E-state index is 12.6. The van der Waals surface area contributed by atoms with E-state index in [1.165, 1.54) is 12.1 Å². The highest BCUT2D eigenvalue weighted by molar-refractivity contribution is 5.91. The highest BCUT2D eigenvalue weighted by Gasteiger charge is 2.25. The number of carbonyl (C=O) groups is 1. The van der Waals surface area contributed by atoms with Crippen LogP contribution in [0.4, 0.5) is 11.4 Å². The SMILES string of the molecule is C[C@H](OC(=O)c1ccc(N2CCCC2)c([N+](=O)[O-])c1)c1nc2ccccc2c(=O)[nH]1. The number of aromatic nitrogens is 2. The summed E-state index contributed by atoms with van der Waals surface area (Å²) in [7, 11) is 0. The lowest BCUT2D eigenvalue weighted by molar-refractivity contribution is -0.384. The number of rotatable bonds is 5. The van der Waals surface area contributed by atoms with E-state index in [0.29, 0.717) is 16.6 Å². The molecule has 154 valence electrons. The molecule has 0 amide bonds. The second kappa shape index (κ2) is 7.94. The average Bonchev–Trinajstić information content (AvgIpc) is 3.28. The molecule has 1 aliphatic rings. The third-order valence-corrected chi connectivity index (χ3v) is 5.15. The van der Waals surface area contributed by atoms with Crippen LogP contribution >= 0.6 is 0 Å². The first-order valence-corrected chi connectivity index (χ1v) is 9.67. The maximum absolute atomic E-state index is 12.6. The number of para-hydroxylation sites is 1. The van der Waals surface area contributed by atoms with Crippen molar-refractivity contribution in [1.82, 2.24) is 9.97 Å². The predicted octanol–water partition coefficient (Wildman–Crippen LogP) is 3.35. The number of nitrogens with one attached hydrogen (secondary N) is 1. The van der Waals surface area contributed by atoms with Gasteiger partial charge in [0.15, 0.2) is 11.9 Å². The number of carbonyl (C=O) groups excluding carboxylic acids is 1. The molecule has 1 N–H and O–H groups in total. The maximum Gasteiger partial charge on any atom is 0.339 e. The molecule has 30 heavy (non-hydrogen) atoms. The minimum Gasteiger partial charge on any atom is -0.451 e. The van der Waals surface area contributed by atoms with Gasteiger partial charge in [-0.1, -0.05) is 12.1 Å². The average molecular weight is 408 g/mol. The summed E-state index contributed by atoms with van der Waals surface area (Å²) in [5.41, 5.74) is 0.604. The lowest BCUT2D eigenvalue weighted by atomic mass is 10.1. The van der Waals surface area contributed by atoms with Crippen molar-refractivity contribution in [2.75, 3.05) is 18.0 Å². The number of anilines is 1. The monoisotopic (exact) mass is 408 g/mol. The van der Waals surface area contributed by atoms with E-state index < -0.39 is 17.0 Å². The number of fused-ring (bicyclic) bond motifs is 1. The summed E-state index contributed by atoms with van der Waals surface area (Å²) in [5, 5.41) is 12.0. The summed E-state index contributed by atoms with van der Waals surface area (Å²) < 4.78 is 5.42. The van der Waals surface area contributed by atoms with Crippen molar-refractivity contribution < 1.29 is 14.5 Å². The van der Waals surface area contributed by atoms with E-state index >= 15 is 0 Å². The summed E-state index contributed by atoms with van der Waals surface area (Å²) in [6.45, 7) is 3.09. The van der Waals surface area contributed by atoms with Gasteiger partial charge in [0.1, 0.15) is 5.69 Å². The Morgan fingerprint density at radius 3 is 2.70 bits per heavy atom. The van der Waals surface area contributed by atoms with Crippen molar-refractivity contribution in [3.8, 4) is 0 Å². The largest absolute Gasteiger partial charge is 0.451 e. The molecular weight excluding hydrogens is 388 g/mol. The van der Waals surface area contributed by atoms with Crippen molar-refractivity contribution in [2.24, 2.45) is 0 Å². The molecule has 1 aromatic heterocycles. The molecule has 0 unspecified atom stereocenters. The van der Waals surface area contributed by atoms with Gasteiger partial charge < -0.3 is 14.6 Å². The molecule has 1 fully saturated rings. The van der Waals surface area contributed by atoms with E-state index in [-0.39, 0.29) is 22.6 Å². The molecular formula is C21H20N4O5. The number of hydrogen-bond donors (Lipinski definition) is 1. The van der Waals surface area contributed by atoms with Crippen LogP contribution in [0.1, 0.15) is 42.1 Å². The fourth-order valence-corrected chi connectivity index (χ4v) is 3.60. The van der Waals surface area contributed by atoms with E-state index in [0.717, 1.165) is 25.9 Å². The van der Waals surface area contributed by atoms with Crippen molar-refractivity contribution in [1.29, 1.82) is 0 Å². The zero-order chi connectivity index (χ0) is 21.3. The first kappa shape index (κ1) is 19.6. The Hall–Kier alpha value is -3.75. The number of nitro groups is 1. The van der Waals surface area contributed by atoms with Crippen LogP contribution in [0.2, 0.25) is 0 Å². The van der Waals surface area contributed by atoms with E-state index in [1.54, 1.807) is 37.3 Å². The molecule has 4 rings (SSSR count). The smallest absolute Gasteiger partial charge is 0.339 e. The third-order valence-electron chi connectivity index (χ3n) is 5.15. The molecule has 2 aromatic carbocycles. The van der Waals surface area contributed by atoms with Gasteiger partial charge in [-0.25, -0.2) is 9.78 Å². The molecule has 0 spiro atoms. The van der Waals surface area contributed by atoms with Gasteiger partial charge in [-0.15, -0.1) is 0 Å². The van der Waals surface area contributed by atoms with Crippen LogP contribution in [0.3, 0.4) is 0 Å². The number of nitro benzene ring substituents is 1. The Morgan fingerprint density at radius 1 is 1.23 bits per heavy atom. The van der Waals surface area contributed by atoms with Crippen molar-refractivity contribution in [3.05, 3.63) is 74.3 Å². The molecule has 3 aromatic rings. The standard InChI is InChI=1S/C21H20N4O5/c1-13(19-22-16-7-3-2-6-15(16)20(26)23-19)30-21(27)14-8-9-17(18(12-14)25(28)29)24-10-4-5-11-24/h2-3,6-9,12-13H,4-5,10-11H2,1H3,(H,22,23,26)/t13-/m0/s1. The Morgan fingerprint density at radius 2 is 1.97 bits per heavy atom. The molecule has 0 bridgehead atoms. The topological polar surface area (TPSA) is 118 Å². The van der Waals surface area contributed by atoms with Crippen LogP contribution in [-0.2, 0) is 4.74 Å².